The van der Waals surface area contributed by atoms with Crippen LogP contribution >= 0.6 is 0 Å². The molecule has 0 heterocycles. The third-order valence-corrected chi connectivity index (χ3v) is 3.89. The average Bonchev–Trinajstić information content (AvgIpc) is 2.44. The van der Waals surface area contributed by atoms with Crippen LogP contribution in [0.25, 0.3) is 0 Å². The van der Waals surface area contributed by atoms with Gasteiger partial charge in [-0.1, -0.05) is 38.1 Å². The van der Waals surface area contributed by atoms with E-state index in [9.17, 15) is 9.59 Å². The Morgan fingerprint density at radius 1 is 1.29 bits per heavy atom. The van der Waals surface area contributed by atoms with Gasteiger partial charge < -0.3 is 15.7 Å². The third-order valence-electron chi connectivity index (χ3n) is 3.89. The second-order valence-corrected chi connectivity index (χ2v) is 5.82. The number of fused-ring (bicyclic) bond motifs is 1. The van der Waals surface area contributed by atoms with Crippen LogP contribution in [-0.4, -0.2) is 23.1 Å². The first-order chi connectivity index (χ1) is 9.99. The first-order valence-electron chi connectivity index (χ1n) is 7.36. The van der Waals surface area contributed by atoms with Crippen LogP contribution in [0.4, 0.5) is 4.79 Å². The number of carbonyl (C=O) groups excluding carboxylic acids is 1. The molecule has 0 saturated carbocycles. The summed E-state index contributed by atoms with van der Waals surface area (Å²) in [7, 11) is 0. The molecule has 2 rings (SSSR count). The molecule has 2 atom stereocenters. The zero-order valence-corrected chi connectivity index (χ0v) is 12.4. The fourth-order valence-corrected chi connectivity index (χ4v) is 2.76. The Hall–Kier alpha value is -2.04. The molecular formula is C16H22N2O3. The molecule has 21 heavy (non-hydrogen) atoms. The Morgan fingerprint density at radius 3 is 2.67 bits per heavy atom. The Morgan fingerprint density at radius 2 is 2.00 bits per heavy atom. The summed E-state index contributed by atoms with van der Waals surface area (Å²) in [4.78, 5) is 23.2. The number of hydrogen-bond acceptors (Lipinski definition) is 2. The van der Waals surface area contributed by atoms with E-state index in [1.54, 1.807) is 13.8 Å². The van der Waals surface area contributed by atoms with Gasteiger partial charge in [-0.25, -0.2) is 9.59 Å². The summed E-state index contributed by atoms with van der Waals surface area (Å²) in [5.74, 6) is -1.17. The van der Waals surface area contributed by atoms with Crippen LogP contribution in [0, 0.1) is 5.92 Å². The van der Waals surface area contributed by atoms with Gasteiger partial charge in [0.05, 0.1) is 6.04 Å². The van der Waals surface area contributed by atoms with Crippen molar-refractivity contribution in [3.05, 3.63) is 35.4 Å². The van der Waals surface area contributed by atoms with E-state index < -0.39 is 18.0 Å². The maximum Gasteiger partial charge on any atom is 0.326 e. The molecule has 3 N–H and O–H groups in total. The van der Waals surface area contributed by atoms with Crippen LogP contribution in [-0.2, 0) is 11.2 Å². The Labute approximate surface area is 124 Å². The minimum atomic E-state index is -1.01. The molecule has 0 unspecified atom stereocenters. The molecule has 1 aromatic rings. The van der Waals surface area contributed by atoms with E-state index in [4.69, 9.17) is 5.11 Å². The highest BCUT2D eigenvalue weighted by atomic mass is 16.4. The van der Waals surface area contributed by atoms with Crippen molar-refractivity contribution in [3.63, 3.8) is 0 Å². The largest absolute Gasteiger partial charge is 0.480 e. The van der Waals surface area contributed by atoms with Crippen molar-refractivity contribution >= 4 is 12.0 Å². The molecule has 5 heteroatoms. The summed E-state index contributed by atoms with van der Waals surface area (Å²) in [5, 5.41) is 14.6. The van der Waals surface area contributed by atoms with Gasteiger partial charge in [0, 0.05) is 0 Å². The zero-order chi connectivity index (χ0) is 15.4. The van der Waals surface area contributed by atoms with Crippen molar-refractivity contribution < 1.29 is 14.7 Å². The summed E-state index contributed by atoms with van der Waals surface area (Å²) in [6, 6.07) is 6.73. The van der Waals surface area contributed by atoms with Crippen LogP contribution < -0.4 is 10.6 Å². The summed E-state index contributed by atoms with van der Waals surface area (Å²) in [5.41, 5.74) is 2.39. The van der Waals surface area contributed by atoms with E-state index in [0.717, 1.165) is 24.8 Å². The van der Waals surface area contributed by atoms with E-state index >= 15 is 0 Å². The first-order valence-corrected chi connectivity index (χ1v) is 7.36. The number of amides is 2. The van der Waals surface area contributed by atoms with Gasteiger partial charge in [-0.15, -0.1) is 0 Å². The van der Waals surface area contributed by atoms with Gasteiger partial charge in [0.1, 0.15) is 6.04 Å². The van der Waals surface area contributed by atoms with Crippen molar-refractivity contribution in [2.75, 3.05) is 0 Å². The number of carbonyl (C=O) groups is 2. The van der Waals surface area contributed by atoms with Crippen molar-refractivity contribution in [3.8, 4) is 0 Å². The van der Waals surface area contributed by atoms with Gasteiger partial charge >= 0.3 is 12.0 Å². The van der Waals surface area contributed by atoms with Gasteiger partial charge in [-0.2, -0.15) is 0 Å². The molecule has 1 aliphatic carbocycles. The standard InChI is InChI=1S/C16H22N2O3/c1-10(2)14(15(19)20)18-16(21)17-13-9-5-7-11-6-3-4-8-12(11)13/h3-4,6,8,10,13-14H,5,7,9H2,1-2H3,(H,19,20)(H2,17,18,21)/t13-,14-/m0/s1. The SMILES string of the molecule is CC(C)[C@H](NC(=O)N[C@H]1CCCc2ccccc21)C(=O)O. The van der Waals surface area contributed by atoms with Gasteiger partial charge in [-0.3, -0.25) is 0 Å². The lowest BCUT2D eigenvalue weighted by atomic mass is 9.88. The quantitative estimate of drug-likeness (QED) is 0.797. The van der Waals surface area contributed by atoms with Crippen LogP contribution in [0.3, 0.4) is 0 Å². The summed E-state index contributed by atoms with van der Waals surface area (Å²) in [6.07, 6.45) is 2.93. The van der Waals surface area contributed by atoms with Gasteiger partial charge in [0.25, 0.3) is 0 Å². The number of aryl methyl sites for hydroxylation is 1. The molecule has 0 spiro atoms. The van der Waals surface area contributed by atoms with Gasteiger partial charge in [0.2, 0.25) is 0 Å². The number of carboxylic acid groups (broad SMARTS) is 1. The molecule has 114 valence electrons. The van der Waals surface area contributed by atoms with Gasteiger partial charge in [0.15, 0.2) is 0 Å². The molecule has 5 nitrogen and oxygen atoms in total. The molecule has 0 saturated heterocycles. The van der Waals surface area contributed by atoms with Crippen LogP contribution in [0.5, 0.6) is 0 Å². The van der Waals surface area contributed by atoms with Crippen molar-refractivity contribution in [1.29, 1.82) is 0 Å². The van der Waals surface area contributed by atoms with E-state index in [-0.39, 0.29) is 12.0 Å². The lowest BCUT2D eigenvalue weighted by molar-refractivity contribution is -0.140. The van der Waals surface area contributed by atoms with Crippen molar-refractivity contribution in [1.82, 2.24) is 10.6 Å². The highest BCUT2D eigenvalue weighted by Gasteiger charge is 2.26. The number of hydrogen-bond donors (Lipinski definition) is 3. The maximum absolute atomic E-state index is 12.1. The minimum absolute atomic E-state index is 0.0449. The number of nitrogens with one attached hydrogen (secondary N) is 2. The smallest absolute Gasteiger partial charge is 0.326 e. The first kappa shape index (κ1) is 15.4. The number of rotatable bonds is 4. The van der Waals surface area contributed by atoms with E-state index in [1.165, 1.54) is 5.56 Å². The van der Waals surface area contributed by atoms with E-state index in [1.807, 2.05) is 18.2 Å². The average molecular weight is 290 g/mol. The Balaban J connectivity index is 2.02. The van der Waals surface area contributed by atoms with Crippen LogP contribution in [0.2, 0.25) is 0 Å². The highest BCUT2D eigenvalue weighted by molar-refractivity contribution is 5.83. The molecular weight excluding hydrogens is 268 g/mol. The predicted octanol–water partition coefficient (Wildman–Crippen LogP) is 2.47. The second kappa shape index (κ2) is 6.61. The molecule has 1 aromatic carbocycles. The zero-order valence-electron chi connectivity index (χ0n) is 12.4. The molecule has 0 aliphatic heterocycles. The molecule has 0 radical (unpaired) electrons. The molecule has 1 aliphatic rings. The van der Waals surface area contributed by atoms with Crippen molar-refractivity contribution in [2.45, 2.75) is 45.2 Å². The topological polar surface area (TPSA) is 78.4 Å². The number of carboxylic acids is 1. The van der Waals surface area contributed by atoms with Crippen molar-refractivity contribution in [2.24, 2.45) is 5.92 Å². The van der Waals surface area contributed by atoms with Crippen LogP contribution in [0.15, 0.2) is 24.3 Å². The second-order valence-electron chi connectivity index (χ2n) is 5.82. The Bertz CT molecular complexity index is 528. The van der Waals surface area contributed by atoms with Gasteiger partial charge in [-0.05, 0) is 36.3 Å². The number of urea groups is 1. The number of benzene rings is 1. The third kappa shape index (κ3) is 3.74. The molecule has 2 amide bonds. The van der Waals surface area contributed by atoms with E-state index in [0.29, 0.717) is 0 Å². The summed E-state index contributed by atoms with van der Waals surface area (Å²) >= 11 is 0. The lowest BCUT2D eigenvalue weighted by Crippen LogP contribution is -2.49. The summed E-state index contributed by atoms with van der Waals surface area (Å²) < 4.78 is 0. The highest BCUT2D eigenvalue weighted by Crippen LogP contribution is 2.29. The Kier molecular flexibility index (Phi) is 4.83. The molecule has 0 fully saturated rings. The maximum atomic E-state index is 12.1. The fraction of sp³-hybridized carbons (Fsp3) is 0.500. The molecule has 0 aromatic heterocycles. The van der Waals surface area contributed by atoms with Crippen LogP contribution in [0.1, 0.15) is 43.9 Å². The van der Waals surface area contributed by atoms with E-state index in [2.05, 4.69) is 16.7 Å². The fourth-order valence-electron chi connectivity index (χ4n) is 2.76. The lowest BCUT2D eigenvalue weighted by Gasteiger charge is -2.27. The summed E-state index contributed by atoms with van der Waals surface area (Å²) in [6.45, 7) is 3.55. The normalized spacial score (nSPS) is 18.7. The predicted molar refractivity (Wildman–Crippen MR) is 80.1 cm³/mol. The minimum Gasteiger partial charge on any atom is -0.480 e. The molecule has 0 bridgehead atoms. The monoisotopic (exact) mass is 290 g/mol. The number of aliphatic carboxylic acids is 1.